The molecule has 41 heavy (non-hydrogen) atoms. The Hall–Kier alpha value is -4.12. The van der Waals surface area contributed by atoms with E-state index in [2.05, 4.69) is 25.2 Å². The maximum Gasteiger partial charge on any atom is 0.416 e. The van der Waals surface area contributed by atoms with E-state index >= 15 is 0 Å². The lowest BCUT2D eigenvalue weighted by Crippen LogP contribution is -2.33. The van der Waals surface area contributed by atoms with Crippen molar-refractivity contribution >= 4 is 22.6 Å². The number of anilines is 1. The zero-order valence-electron chi connectivity index (χ0n) is 22.7. The summed E-state index contributed by atoms with van der Waals surface area (Å²) in [5, 5.41) is 3.20. The number of rotatable bonds is 8. The van der Waals surface area contributed by atoms with Crippen molar-refractivity contribution in [2.75, 3.05) is 38.0 Å². The molecule has 1 fully saturated rings. The predicted molar refractivity (Wildman–Crippen MR) is 151 cm³/mol. The van der Waals surface area contributed by atoms with Crippen LogP contribution in [0.4, 0.5) is 18.9 Å². The van der Waals surface area contributed by atoms with Gasteiger partial charge in [-0.2, -0.15) is 13.2 Å². The van der Waals surface area contributed by atoms with Gasteiger partial charge in [-0.25, -0.2) is 4.98 Å². The third kappa shape index (κ3) is 5.46. The second-order valence-corrected chi connectivity index (χ2v) is 10.8. The Morgan fingerprint density at radius 3 is 2.63 bits per heavy atom. The summed E-state index contributed by atoms with van der Waals surface area (Å²) < 4.78 is 39.5. The van der Waals surface area contributed by atoms with E-state index in [4.69, 9.17) is 0 Å². The minimum Gasteiger partial charge on any atom is -0.384 e. The summed E-state index contributed by atoms with van der Waals surface area (Å²) >= 11 is 0. The van der Waals surface area contributed by atoms with E-state index in [-0.39, 0.29) is 11.5 Å². The van der Waals surface area contributed by atoms with Gasteiger partial charge in [-0.1, -0.05) is 6.07 Å². The number of imidazole rings is 1. The van der Waals surface area contributed by atoms with Gasteiger partial charge >= 0.3 is 6.18 Å². The second kappa shape index (κ2) is 10.7. The number of hydrogen-bond acceptors (Lipinski definition) is 5. The molecule has 0 saturated carbocycles. The molecule has 0 bridgehead atoms. The van der Waals surface area contributed by atoms with Crippen LogP contribution in [0.5, 0.6) is 0 Å². The molecule has 6 rings (SSSR count). The number of benzene rings is 2. The van der Waals surface area contributed by atoms with Gasteiger partial charge in [0.05, 0.1) is 22.3 Å². The third-order valence-electron chi connectivity index (χ3n) is 8.05. The van der Waals surface area contributed by atoms with Crippen LogP contribution in [0.3, 0.4) is 0 Å². The number of halogens is 3. The molecule has 0 unspecified atom stereocenters. The Bertz CT molecular complexity index is 1670. The van der Waals surface area contributed by atoms with Crippen molar-refractivity contribution in [1.82, 2.24) is 24.8 Å². The molecule has 2 aromatic carbocycles. The smallest absolute Gasteiger partial charge is 0.384 e. The van der Waals surface area contributed by atoms with Crippen LogP contribution in [0.15, 0.2) is 47.4 Å². The fourth-order valence-corrected chi connectivity index (χ4v) is 5.76. The predicted octanol–water partition coefficient (Wildman–Crippen LogP) is 4.95. The Balaban J connectivity index is 1.20. The van der Waals surface area contributed by atoms with E-state index in [0.717, 1.165) is 42.3 Å². The Labute approximate surface area is 234 Å². The van der Waals surface area contributed by atoms with Crippen molar-refractivity contribution in [2.45, 2.75) is 38.9 Å². The van der Waals surface area contributed by atoms with Crippen molar-refractivity contribution in [3.8, 4) is 11.4 Å². The van der Waals surface area contributed by atoms with Crippen molar-refractivity contribution in [2.24, 2.45) is 0 Å². The number of alkyl halides is 3. The molecule has 214 valence electrons. The number of hydrogen-bond donors (Lipinski definition) is 3. The van der Waals surface area contributed by atoms with Crippen LogP contribution < -0.4 is 10.9 Å². The number of amides is 1. The summed E-state index contributed by atoms with van der Waals surface area (Å²) in [6.45, 7) is 6.37. The number of H-pyrrole nitrogens is 2. The van der Waals surface area contributed by atoms with Gasteiger partial charge in [0.15, 0.2) is 0 Å². The van der Waals surface area contributed by atoms with Crippen LogP contribution >= 0.6 is 0 Å². The summed E-state index contributed by atoms with van der Waals surface area (Å²) in [5.41, 5.74) is 3.97. The normalized spacial score (nSPS) is 15.7. The molecule has 1 saturated heterocycles. The van der Waals surface area contributed by atoms with Gasteiger partial charge in [0.1, 0.15) is 11.4 Å². The lowest BCUT2D eigenvalue weighted by atomic mass is 10.0. The average Bonchev–Trinajstić information content (AvgIpc) is 3.66. The van der Waals surface area contributed by atoms with E-state index in [9.17, 15) is 22.8 Å². The largest absolute Gasteiger partial charge is 0.416 e. The summed E-state index contributed by atoms with van der Waals surface area (Å²) in [7, 11) is 0. The number of likely N-dealkylation sites (tertiary alicyclic amines) is 1. The van der Waals surface area contributed by atoms with Gasteiger partial charge in [-0.3, -0.25) is 9.59 Å². The van der Waals surface area contributed by atoms with Crippen LogP contribution in [-0.4, -0.2) is 63.4 Å². The molecule has 0 atom stereocenters. The van der Waals surface area contributed by atoms with E-state index in [1.807, 2.05) is 11.0 Å². The maximum atomic E-state index is 13.2. The average molecular weight is 565 g/mol. The molecule has 8 nitrogen and oxygen atoms in total. The van der Waals surface area contributed by atoms with E-state index in [1.165, 1.54) is 31.2 Å². The second-order valence-electron chi connectivity index (χ2n) is 10.8. The fourth-order valence-electron chi connectivity index (χ4n) is 5.76. The zero-order valence-corrected chi connectivity index (χ0v) is 22.7. The maximum absolute atomic E-state index is 13.2. The molecule has 2 aliphatic rings. The van der Waals surface area contributed by atoms with Crippen molar-refractivity contribution in [3.05, 3.63) is 80.8 Å². The molecule has 11 heteroatoms. The van der Waals surface area contributed by atoms with E-state index in [1.54, 1.807) is 19.1 Å². The highest BCUT2D eigenvalue weighted by molar-refractivity contribution is 6.02. The Morgan fingerprint density at radius 1 is 1.05 bits per heavy atom. The van der Waals surface area contributed by atoms with Gasteiger partial charge in [0.2, 0.25) is 0 Å². The standard InChI is InChI=1S/C30H31F3N6O2/c1-18-4-5-21(30(31,32)33)14-19(18)6-8-34-23-7-9-35-28(40)26(23)27-36-24-15-20-17-39(13-12-38-10-2-3-11-38)29(41)22(20)16-25(24)37-27/h4-5,7,9,14-16H,2-3,6,8,10-13,17H2,1H3,(H,36,37)(H2,34,35,40). The minimum atomic E-state index is -4.41. The molecule has 2 aromatic heterocycles. The number of nitrogens with one attached hydrogen (secondary N) is 3. The Kier molecular flexibility index (Phi) is 7.06. The van der Waals surface area contributed by atoms with Gasteiger partial charge in [-0.15, -0.1) is 0 Å². The van der Waals surface area contributed by atoms with Crippen LogP contribution in [-0.2, 0) is 19.1 Å². The lowest BCUT2D eigenvalue weighted by Gasteiger charge is -2.20. The molecule has 1 amide bonds. The molecule has 0 spiro atoms. The van der Waals surface area contributed by atoms with Crippen LogP contribution in [0.25, 0.3) is 22.4 Å². The number of carbonyl (C=O) groups excluding carboxylic acids is 1. The Morgan fingerprint density at radius 2 is 1.85 bits per heavy atom. The summed E-state index contributed by atoms with van der Waals surface area (Å²) in [6.07, 6.45) is -0.136. The highest BCUT2D eigenvalue weighted by Crippen LogP contribution is 2.32. The molecule has 4 aromatic rings. The molecule has 2 aliphatic heterocycles. The number of aromatic nitrogens is 3. The summed E-state index contributed by atoms with van der Waals surface area (Å²) in [6, 6.07) is 9.13. The molecular weight excluding hydrogens is 533 g/mol. The summed E-state index contributed by atoms with van der Waals surface area (Å²) in [5.74, 6) is 0.344. The van der Waals surface area contributed by atoms with Crippen LogP contribution in [0, 0.1) is 6.92 Å². The third-order valence-corrected chi connectivity index (χ3v) is 8.05. The van der Waals surface area contributed by atoms with Gasteiger partial charge in [-0.05, 0) is 86.3 Å². The first-order valence-electron chi connectivity index (χ1n) is 13.8. The number of pyridine rings is 1. The van der Waals surface area contributed by atoms with Crippen molar-refractivity contribution in [1.29, 1.82) is 0 Å². The molecular formula is C30H31F3N6O2. The van der Waals surface area contributed by atoms with Gasteiger partial charge in [0, 0.05) is 37.9 Å². The number of aryl methyl sites for hydroxylation is 1. The first-order chi connectivity index (χ1) is 19.7. The first kappa shape index (κ1) is 27.1. The highest BCUT2D eigenvalue weighted by Gasteiger charge is 2.31. The molecule has 0 radical (unpaired) electrons. The highest BCUT2D eigenvalue weighted by atomic mass is 19.4. The number of carbonyl (C=O) groups is 1. The van der Waals surface area contributed by atoms with Crippen LogP contribution in [0.1, 0.15) is 45.5 Å². The minimum absolute atomic E-state index is 0.00422. The summed E-state index contributed by atoms with van der Waals surface area (Å²) in [4.78, 5) is 40.8. The number of nitrogens with zero attached hydrogens (tertiary/aromatic N) is 3. The van der Waals surface area contributed by atoms with Crippen molar-refractivity contribution < 1.29 is 18.0 Å². The topological polar surface area (TPSA) is 97.1 Å². The van der Waals surface area contributed by atoms with Gasteiger partial charge in [0.25, 0.3) is 11.5 Å². The van der Waals surface area contributed by atoms with Gasteiger partial charge < -0.3 is 25.1 Å². The first-order valence-corrected chi connectivity index (χ1v) is 13.8. The van der Waals surface area contributed by atoms with E-state index < -0.39 is 11.7 Å². The quantitative estimate of drug-likeness (QED) is 0.281. The molecule has 3 N–H and O–H groups in total. The van der Waals surface area contributed by atoms with Crippen molar-refractivity contribution in [3.63, 3.8) is 0 Å². The molecule has 4 heterocycles. The molecule has 0 aliphatic carbocycles. The number of fused-ring (bicyclic) bond motifs is 2. The SMILES string of the molecule is Cc1ccc(C(F)(F)F)cc1CCNc1cc[nH]c(=O)c1-c1nc2cc3c(cc2[nH]1)CN(CCN1CCCC1)C3=O. The monoisotopic (exact) mass is 564 g/mol. The van der Waals surface area contributed by atoms with Crippen LogP contribution in [0.2, 0.25) is 0 Å². The zero-order chi connectivity index (χ0) is 28.7. The lowest BCUT2D eigenvalue weighted by molar-refractivity contribution is -0.137. The fraction of sp³-hybridized carbons (Fsp3) is 0.367. The van der Waals surface area contributed by atoms with E-state index in [0.29, 0.717) is 59.8 Å². The number of aromatic amines is 2.